The molecule has 0 spiro atoms. The molecule has 1 aromatic rings. The van der Waals surface area contributed by atoms with Crippen molar-refractivity contribution in [2.45, 2.75) is 63.1 Å². The molecule has 1 atom stereocenters. The summed E-state index contributed by atoms with van der Waals surface area (Å²) in [5.41, 5.74) is 1.48. The van der Waals surface area contributed by atoms with E-state index in [1.807, 2.05) is 18.2 Å². The van der Waals surface area contributed by atoms with Gasteiger partial charge in [-0.25, -0.2) is 0 Å². The Labute approximate surface area is 120 Å². The van der Waals surface area contributed by atoms with Crippen molar-refractivity contribution in [2.75, 3.05) is 6.61 Å². The Bertz CT molecular complexity index is 463. The zero-order valence-corrected chi connectivity index (χ0v) is 12.0. The van der Waals surface area contributed by atoms with Gasteiger partial charge in [-0.05, 0) is 49.3 Å². The van der Waals surface area contributed by atoms with Crippen molar-refractivity contribution in [3.8, 4) is 5.75 Å². The molecule has 0 saturated heterocycles. The molecule has 0 radical (unpaired) electrons. The summed E-state index contributed by atoms with van der Waals surface area (Å²) in [5.74, 6) is 0.847. The number of rotatable bonds is 3. The fraction of sp³-hybridized carbons (Fsp3) is 0.647. The molecule has 0 bridgehead atoms. The van der Waals surface area contributed by atoms with E-state index >= 15 is 0 Å². The van der Waals surface area contributed by atoms with Gasteiger partial charge in [-0.15, -0.1) is 0 Å². The van der Waals surface area contributed by atoms with Crippen LogP contribution in [0.2, 0.25) is 0 Å². The molecule has 2 aliphatic carbocycles. The van der Waals surface area contributed by atoms with Crippen LogP contribution < -0.4 is 4.74 Å². The van der Waals surface area contributed by atoms with Crippen LogP contribution in [-0.2, 0) is 6.42 Å². The highest BCUT2D eigenvalue weighted by atomic mass is 16.5. The first-order valence-corrected chi connectivity index (χ1v) is 7.83. The van der Waals surface area contributed by atoms with Crippen molar-refractivity contribution in [3.63, 3.8) is 0 Å². The topological polar surface area (TPSA) is 49.7 Å². The van der Waals surface area contributed by atoms with E-state index in [1.54, 1.807) is 0 Å². The van der Waals surface area contributed by atoms with Crippen LogP contribution >= 0.6 is 0 Å². The van der Waals surface area contributed by atoms with Crippen LogP contribution in [-0.4, -0.2) is 22.4 Å². The predicted octanol–water partition coefficient (Wildman–Crippen LogP) is 3.13. The van der Waals surface area contributed by atoms with Gasteiger partial charge in [0.05, 0.1) is 11.7 Å². The average Bonchev–Trinajstić information content (AvgIpc) is 2.47. The lowest BCUT2D eigenvalue weighted by Crippen LogP contribution is -2.38. The number of aliphatic hydroxyl groups is 2. The highest BCUT2D eigenvalue weighted by molar-refractivity contribution is 5.42. The predicted molar refractivity (Wildman–Crippen MR) is 77.9 cm³/mol. The van der Waals surface area contributed by atoms with Crippen molar-refractivity contribution in [1.82, 2.24) is 0 Å². The van der Waals surface area contributed by atoms with Gasteiger partial charge in [0, 0.05) is 0 Å². The Morgan fingerprint density at radius 3 is 2.75 bits per heavy atom. The van der Waals surface area contributed by atoms with E-state index in [1.165, 1.54) is 6.42 Å². The van der Waals surface area contributed by atoms with Crippen LogP contribution in [0, 0.1) is 0 Å². The number of benzene rings is 1. The Balaban J connectivity index is 1.73. The molecule has 0 heterocycles. The molecular formula is C17H24O3. The third-order valence-corrected chi connectivity index (χ3v) is 4.71. The molecular weight excluding hydrogens is 252 g/mol. The van der Waals surface area contributed by atoms with Crippen LogP contribution in [0.15, 0.2) is 18.2 Å². The monoisotopic (exact) mass is 276 g/mol. The fourth-order valence-corrected chi connectivity index (χ4v) is 3.49. The molecule has 1 unspecified atom stereocenters. The maximum Gasteiger partial charge on any atom is 0.123 e. The molecule has 1 aromatic carbocycles. The van der Waals surface area contributed by atoms with E-state index in [0.717, 1.165) is 61.8 Å². The van der Waals surface area contributed by atoms with E-state index in [-0.39, 0.29) is 6.10 Å². The molecule has 0 amide bonds. The van der Waals surface area contributed by atoms with Crippen molar-refractivity contribution in [2.24, 2.45) is 0 Å². The highest BCUT2D eigenvalue weighted by Crippen LogP contribution is 2.36. The van der Waals surface area contributed by atoms with Crippen molar-refractivity contribution < 1.29 is 14.9 Å². The first kappa shape index (κ1) is 13.9. The molecule has 1 fully saturated rings. The van der Waals surface area contributed by atoms with Crippen LogP contribution in [0.1, 0.15) is 62.2 Å². The SMILES string of the molecule is OC1CCCc2c(OCC3(O)CCCCC3)cccc21. The number of hydrogen-bond acceptors (Lipinski definition) is 3. The summed E-state index contributed by atoms with van der Waals surface area (Å²) in [7, 11) is 0. The number of ether oxygens (including phenoxy) is 1. The molecule has 2 aliphatic rings. The normalized spacial score (nSPS) is 25.0. The lowest BCUT2D eigenvalue weighted by Gasteiger charge is -2.32. The second-order valence-corrected chi connectivity index (χ2v) is 6.31. The minimum Gasteiger partial charge on any atom is -0.490 e. The van der Waals surface area contributed by atoms with Gasteiger partial charge in [0.15, 0.2) is 0 Å². The minimum atomic E-state index is -0.658. The van der Waals surface area contributed by atoms with E-state index in [9.17, 15) is 10.2 Å². The van der Waals surface area contributed by atoms with Gasteiger partial charge in [-0.3, -0.25) is 0 Å². The third kappa shape index (κ3) is 2.84. The van der Waals surface area contributed by atoms with Crippen LogP contribution in [0.3, 0.4) is 0 Å². The Morgan fingerprint density at radius 2 is 1.95 bits per heavy atom. The summed E-state index contributed by atoms with van der Waals surface area (Å²) in [6.45, 7) is 0.375. The second kappa shape index (κ2) is 5.74. The van der Waals surface area contributed by atoms with Gasteiger partial charge in [0.1, 0.15) is 12.4 Å². The van der Waals surface area contributed by atoms with Crippen molar-refractivity contribution in [3.05, 3.63) is 29.3 Å². The smallest absolute Gasteiger partial charge is 0.123 e. The summed E-state index contributed by atoms with van der Waals surface area (Å²) in [6.07, 6.45) is 7.50. The second-order valence-electron chi connectivity index (χ2n) is 6.31. The van der Waals surface area contributed by atoms with Crippen molar-refractivity contribution >= 4 is 0 Å². The quantitative estimate of drug-likeness (QED) is 0.891. The summed E-state index contributed by atoms with van der Waals surface area (Å²) in [5, 5.41) is 20.6. The molecule has 1 saturated carbocycles. The zero-order valence-electron chi connectivity index (χ0n) is 12.0. The van der Waals surface area contributed by atoms with Crippen LogP contribution in [0.25, 0.3) is 0 Å². The maximum absolute atomic E-state index is 10.5. The minimum absolute atomic E-state index is 0.361. The Kier molecular flexibility index (Phi) is 3.99. The standard InChI is InChI=1S/C17H24O3/c18-15-8-4-7-14-13(15)6-5-9-16(14)20-12-17(19)10-2-1-3-11-17/h5-6,9,15,18-19H,1-4,7-8,10-12H2. The number of aliphatic hydroxyl groups excluding tert-OH is 1. The molecule has 20 heavy (non-hydrogen) atoms. The van der Waals surface area contributed by atoms with E-state index in [2.05, 4.69) is 0 Å². The molecule has 3 heteroatoms. The van der Waals surface area contributed by atoms with Crippen LogP contribution in [0.5, 0.6) is 5.75 Å². The van der Waals surface area contributed by atoms with Crippen molar-refractivity contribution in [1.29, 1.82) is 0 Å². The van der Waals surface area contributed by atoms with Gasteiger partial charge in [0.25, 0.3) is 0 Å². The summed E-state index contributed by atoms with van der Waals surface area (Å²) < 4.78 is 5.93. The summed E-state index contributed by atoms with van der Waals surface area (Å²) in [6, 6.07) is 5.89. The molecule has 110 valence electrons. The number of hydrogen-bond donors (Lipinski definition) is 2. The summed E-state index contributed by atoms with van der Waals surface area (Å²) in [4.78, 5) is 0. The molecule has 0 aromatic heterocycles. The van der Waals surface area contributed by atoms with Gasteiger partial charge < -0.3 is 14.9 Å². The Hall–Kier alpha value is -1.06. The lowest BCUT2D eigenvalue weighted by atomic mass is 9.85. The highest BCUT2D eigenvalue weighted by Gasteiger charge is 2.30. The maximum atomic E-state index is 10.5. The van der Waals surface area contributed by atoms with E-state index in [0.29, 0.717) is 6.61 Å². The molecule has 3 nitrogen and oxygen atoms in total. The first-order valence-electron chi connectivity index (χ1n) is 7.83. The van der Waals surface area contributed by atoms with Gasteiger partial charge in [0.2, 0.25) is 0 Å². The van der Waals surface area contributed by atoms with Gasteiger partial charge >= 0.3 is 0 Å². The van der Waals surface area contributed by atoms with Gasteiger partial charge in [-0.1, -0.05) is 31.4 Å². The van der Waals surface area contributed by atoms with Gasteiger partial charge in [-0.2, -0.15) is 0 Å². The van der Waals surface area contributed by atoms with Crippen LogP contribution in [0.4, 0.5) is 0 Å². The molecule has 3 rings (SSSR count). The third-order valence-electron chi connectivity index (χ3n) is 4.71. The zero-order chi connectivity index (χ0) is 14.0. The summed E-state index contributed by atoms with van der Waals surface area (Å²) >= 11 is 0. The Morgan fingerprint density at radius 1 is 1.15 bits per heavy atom. The van der Waals surface area contributed by atoms with E-state index < -0.39 is 5.60 Å². The molecule has 2 N–H and O–H groups in total. The molecule has 0 aliphatic heterocycles. The fourth-order valence-electron chi connectivity index (χ4n) is 3.49. The largest absolute Gasteiger partial charge is 0.490 e. The number of fused-ring (bicyclic) bond motifs is 1. The first-order chi connectivity index (χ1) is 9.68. The lowest BCUT2D eigenvalue weighted by molar-refractivity contribution is -0.0342. The van der Waals surface area contributed by atoms with E-state index in [4.69, 9.17) is 4.74 Å². The average molecular weight is 276 g/mol.